The quantitative estimate of drug-likeness (QED) is 0.106. The summed E-state index contributed by atoms with van der Waals surface area (Å²) in [6.07, 6.45) is 6.51. The maximum Gasteiger partial charge on any atom is 0.255 e. The molecule has 2 aromatic rings. The van der Waals surface area contributed by atoms with Gasteiger partial charge in [-0.2, -0.15) is 0 Å². The molecule has 16 nitrogen and oxygen atoms in total. The van der Waals surface area contributed by atoms with Crippen LogP contribution in [0.15, 0.2) is 24.3 Å². The number of hydrogen-bond acceptors (Lipinski definition) is 12. The molecule has 4 amide bonds. The van der Waals surface area contributed by atoms with E-state index in [0.29, 0.717) is 78.8 Å². The summed E-state index contributed by atoms with van der Waals surface area (Å²) in [5.41, 5.74) is 13.0. The summed E-state index contributed by atoms with van der Waals surface area (Å²) in [5, 5.41) is 12.0. The van der Waals surface area contributed by atoms with Gasteiger partial charge in [0.15, 0.2) is 23.0 Å². The molecule has 0 aromatic heterocycles. The van der Waals surface area contributed by atoms with Crippen LogP contribution in [0.2, 0.25) is 0 Å². The molecule has 0 radical (unpaired) electrons. The van der Waals surface area contributed by atoms with Crippen molar-refractivity contribution >= 4 is 23.6 Å². The second-order valence-electron chi connectivity index (χ2n) is 14.7. The van der Waals surface area contributed by atoms with Crippen molar-refractivity contribution in [3.05, 3.63) is 46.5 Å². The van der Waals surface area contributed by atoms with E-state index in [1.54, 1.807) is 24.3 Å². The first kappa shape index (κ1) is 49.7. The van der Waals surface area contributed by atoms with Gasteiger partial charge < -0.3 is 51.7 Å². The molecular formula is C44H72N8O8. The highest BCUT2D eigenvalue weighted by Crippen LogP contribution is 2.37. The fourth-order valence-electron chi connectivity index (χ4n) is 6.42. The van der Waals surface area contributed by atoms with Crippen LogP contribution < -0.4 is 51.7 Å². The van der Waals surface area contributed by atoms with Gasteiger partial charge in [-0.05, 0) is 49.9 Å². The molecular weight excluding hydrogens is 769 g/mol. The van der Waals surface area contributed by atoms with Gasteiger partial charge in [0.1, 0.15) is 0 Å². The number of carbonyl (C=O) groups is 4. The number of ether oxygens (including phenoxy) is 4. The van der Waals surface area contributed by atoms with Crippen LogP contribution >= 0.6 is 0 Å². The smallest absolute Gasteiger partial charge is 0.255 e. The predicted molar refractivity (Wildman–Crippen MR) is 235 cm³/mol. The lowest BCUT2D eigenvalue weighted by atomic mass is 10.1. The Morgan fingerprint density at radius 1 is 0.450 bits per heavy atom. The molecule has 6 rings (SSSR count). The lowest BCUT2D eigenvalue weighted by molar-refractivity contribution is 0.0919. The average Bonchev–Trinajstić information content (AvgIpc) is 3.23. The average molecular weight is 841 g/mol. The van der Waals surface area contributed by atoms with Crippen LogP contribution in [-0.4, -0.2) is 138 Å². The molecule has 2 aromatic carbocycles. The first-order valence-corrected chi connectivity index (χ1v) is 22.1. The highest BCUT2D eigenvalue weighted by molar-refractivity contribution is 6.04. The van der Waals surface area contributed by atoms with E-state index in [2.05, 4.69) is 31.1 Å². The van der Waals surface area contributed by atoms with Crippen molar-refractivity contribution < 1.29 is 38.1 Å². The topological polar surface area (TPSA) is 212 Å². The summed E-state index contributed by atoms with van der Waals surface area (Å²) in [4.78, 5) is 59.3. The Hall–Kier alpha value is -4.64. The number of nitrogens with two attached hydrogens (primary N) is 2. The van der Waals surface area contributed by atoms with E-state index < -0.39 is 0 Å². The number of carbonyl (C=O) groups excluding carboxylic acids is 4. The Balaban J connectivity index is 2.01. The molecule has 4 aliphatic rings. The predicted octanol–water partition coefficient (Wildman–Crippen LogP) is 3.56. The number of nitrogens with one attached hydrogen (secondary N) is 4. The zero-order valence-electron chi connectivity index (χ0n) is 36.6. The van der Waals surface area contributed by atoms with Crippen LogP contribution in [0.1, 0.15) is 120 Å². The van der Waals surface area contributed by atoms with Crippen LogP contribution in [0, 0.1) is 0 Å². The minimum Gasteiger partial charge on any atom is -0.489 e. The number of benzene rings is 2. The normalized spacial score (nSPS) is 15.6. The molecule has 0 saturated carbocycles. The van der Waals surface area contributed by atoms with Crippen LogP contribution in [0.5, 0.6) is 23.0 Å². The van der Waals surface area contributed by atoms with E-state index in [9.17, 15) is 19.2 Å². The van der Waals surface area contributed by atoms with Crippen molar-refractivity contribution in [2.24, 2.45) is 11.5 Å². The molecule has 0 saturated heterocycles. The van der Waals surface area contributed by atoms with Crippen LogP contribution in [0.25, 0.3) is 0 Å². The van der Waals surface area contributed by atoms with E-state index in [1.165, 1.54) is 0 Å². The molecule has 0 aliphatic carbocycles. The van der Waals surface area contributed by atoms with Gasteiger partial charge in [0.2, 0.25) is 0 Å². The van der Waals surface area contributed by atoms with Gasteiger partial charge in [-0.1, -0.05) is 53.4 Å². The summed E-state index contributed by atoms with van der Waals surface area (Å²) in [6, 6.07) is 6.41. The van der Waals surface area contributed by atoms with Gasteiger partial charge in [0.05, 0.1) is 48.7 Å². The fraction of sp³-hybridized carbons (Fsp3) is 0.636. The summed E-state index contributed by atoms with van der Waals surface area (Å²) in [6.45, 7) is 14.3. The Kier molecular flexibility index (Phi) is 23.8. The van der Waals surface area contributed by atoms with E-state index in [1.807, 2.05) is 27.7 Å². The third-order valence-corrected chi connectivity index (χ3v) is 9.92. The zero-order valence-corrected chi connectivity index (χ0v) is 36.6. The van der Waals surface area contributed by atoms with E-state index in [-0.39, 0.29) is 95.1 Å². The third kappa shape index (κ3) is 16.1. The van der Waals surface area contributed by atoms with Crippen molar-refractivity contribution in [3.63, 3.8) is 0 Å². The summed E-state index contributed by atoms with van der Waals surface area (Å²) in [5.74, 6) is -0.520. The number of nitrogens with zero attached hydrogens (tertiary/aromatic N) is 2. The third-order valence-electron chi connectivity index (χ3n) is 9.92. The lowest BCUT2D eigenvalue weighted by Crippen LogP contribution is -2.42. The van der Waals surface area contributed by atoms with Gasteiger partial charge >= 0.3 is 0 Å². The maximum atomic E-state index is 13.8. The van der Waals surface area contributed by atoms with Crippen LogP contribution in [-0.2, 0) is 0 Å². The monoisotopic (exact) mass is 841 g/mol. The number of hydrogen-bond donors (Lipinski definition) is 6. The zero-order chi connectivity index (χ0) is 43.5. The fourth-order valence-corrected chi connectivity index (χ4v) is 6.42. The van der Waals surface area contributed by atoms with E-state index in [4.69, 9.17) is 30.4 Å². The summed E-state index contributed by atoms with van der Waals surface area (Å²) in [7, 11) is 0. The highest BCUT2D eigenvalue weighted by Gasteiger charge is 2.27. The Morgan fingerprint density at radius 2 is 0.683 bits per heavy atom. The van der Waals surface area contributed by atoms with E-state index in [0.717, 1.165) is 51.4 Å². The van der Waals surface area contributed by atoms with Gasteiger partial charge in [-0.25, -0.2) is 0 Å². The standard InChI is InChI=1S/C44H72N8O8/c1-5-9-29-57-37-33-13-14-34(38(37)58-30-10-6-2)42(54)48-20-26-52(24-18-46)28-22-50-44(56)36-16-15-35(39(59-31-11-7-3)40(36)60-32-12-8-4)43(55)49-21-27-51(23-17-45)25-19-47-41(33)53/h13-16H,5-12,17-32,45-46H2,1-4H3,(H,47,53)(H,48,54)(H,49,55)(H,50,56). The molecule has 0 unspecified atom stereocenters. The molecule has 4 bridgehead atoms. The summed E-state index contributed by atoms with van der Waals surface area (Å²) < 4.78 is 24.9. The minimum absolute atomic E-state index is 0.234. The Morgan fingerprint density at radius 3 is 0.883 bits per heavy atom. The number of amides is 4. The second kappa shape index (κ2) is 28.8. The largest absolute Gasteiger partial charge is 0.489 e. The number of rotatable bonds is 20. The van der Waals surface area contributed by atoms with Crippen LogP contribution in [0.4, 0.5) is 0 Å². The molecule has 0 spiro atoms. The Labute approximate surface area is 357 Å². The van der Waals surface area contributed by atoms with Crippen molar-refractivity contribution in [1.29, 1.82) is 0 Å². The summed E-state index contributed by atoms with van der Waals surface area (Å²) >= 11 is 0. The molecule has 0 fully saturated rings. The molecule has 4 aliphatic heterocycles. The molecule has 16 heteroatoms. The SMILES string of the molecule is CCCCOc1c2ccc(c1OCCCC)C(=O)NCCN(CCN)CCNC(=O)c1ccc(c(OCCCC)c1OCCCC)C(=O)NCCN(CCN)CCNC2=O. The molecule has 4 heterocycles. The minimum atomic E-state index is -0.364. The first-order valence-electron chi connectivity index (χ1n) is 22.1. The van der Waals surface area contributed by atoms with Gasteiger partial charge in [-0.3, -0.25) is 29.0 Å². The molecule has 8 N–H and O–H groups in total. The molecule has 0 atom stereocenters. The van der Waals surface area contributed by atoms with Crippen molar-refractivity contribution in [2.45, 2.75) is 79.1 Å². The Bertz CT molecular complexity index is 1400. The maximum absolute atomic E-state index is 13.8. The van der Waals surface area contributed by atoms with Crippen LogP contribution in [0.3, 0.4) is 0 Å². The number of unbranched alkanes of at least 4 members (excludes halogenated alkanes) is 4. The van der Waals surface area contributed by atoms with Gasteiger partial charge in [0.25, 0.3) is 23.6 Å². The van der Waals surface area contributed by atoms with Crippen molar-refractivity contribution in [1.82, 2.24) is 31.1 Å². The van der Waals surface area contributed by atoms with Gasteiger partial charge in [0, 0.05) is 78.5 Å². The van der Waals surface area contributed by atoms with E-state index >= 15 is 0 Å². The molecule has 60 heavy (non-hydrogen) atoms. The first-order chi connectivity index (χ1) is 29.2. The molecule has 336 valence electrons. The highest BCUT2D eigenvalue weighted by atomic mass is 16.5. The van der Waals surface area contributed by atoms with Crippen molar-refractivity contribution in [3.8, 4) is 23.0 Å². The second-order valence-corrected chi connectivity index (χ2v) is 14.7. The van der Waals surface area contributed by atoms with Crippen molar-refractivity contribution in [2.75, 3.05) is 105 Å². The van der Waals surface area contributed by atoms with Gasteiger partial charge in [-0.15, -0.1) is 0 Å². The lowest BCUT2D eigenvalue weighted by Gasteiger charge is -2.24.